The lowest BCUT2D eigenvalue weighted by Gasteiger charge is -2.32. The normalized spacial score (nSPS) is 19.6. The summed E-state index contributed by atoms with van der Waals surface area (Å²) < 4.78 is 16.5. The van der Waals surface area contributed by atoms with Crippen molar-refractivity contribution >= 4 is 5.91 Å². The number of hydrogen-bond acceptors (Lipinski definition) is 5. The number of likely N-dealkylation sites (tertiary alicyclic amines) is 1. The maximum Gasteiger partial charge on any atom is 0.231 e. The smallest absolute Gasteiger partial charge is 0.231 e. The van der Waals surface area contributed by atoms with Crippen LogP contribution >= 0.6 is 0 Å². The molecule has 144 valence electrons. The second-order valence-electron chi connectivity index (χ2n) is 7.43. The van der Waals surface area contributed by atoms with Crippen molar-refractivity contribution in [1.29, 1.82) is 0 Å². The molecule has 1 fully saturated rings. The van der Waals surface area contributed by atoms with Crippen molar-refractivity contribution in [1.82, 2.24) is 10.2 Å². The highest BCUT2D eigenvalue weighted by atomic mass is 16.7. The Morgan fingerprint density at radius 2 is 2.19 bits per heavy atom. The van der Waals surface area contributed by atoms with Gasteiger partial charge >= 0.3 is 0 Å². The molecule has 1 amide bonds. The van der Waals surface area contributed by atoms with Crippen molar-refractivity contribution in [2.45, 2.75) is 33.1 Å². The van der Waals surface area contributed by atoms with Gasteiger partial charge in [0.2, 0.25) is 12.7 Å². The molecule has 0 aromatic heterocycles. The molecule has 1 atom stereocenters. The number of nitrogens with zero attached hydrogens (tertiary/aromatic N) is 1. The monoisotopic (exact) mass is 362 g/mol. The standard InChI is InChI=1S/C20H30N2O4/c1-15(2)20(23)21-12-16-5-3-8-22(13-16)9-4-10-24-17-6-7-18-19(11-17)26-14-25-18/h6-7,11,15-16H,3-5,8-10,12-14H2,1-2H3,(H,21,23)/t16-/m1/s1. The summed E-state index contributed by atoms with van der Waals surface area (Å²) in [5, 5.41) is 3.07. The lowest BCUT2D eigenvalue weighted by atomic mass is 9.97. The Bertz CT molecular complexity index is 605. The van der Waals surface area contributed by atoms with E-state index < -0.39 is 0 Å². The Kier molecular flexibility index (Phi) is 6.61. The van der Waals surface area contributed by atoms with Crippen molar-refractivity contribution in [3.8, 4) is 17.2 Å². The van der Waals surface area contributed by atoms with Crippen molar-refractivity contribution in [3.05, 3.63) is 18.2 Å². The zero-order chi connectivity index (χ0) is 18.4. The molecule has 2 aliphatic heterocycles. The van der Waals surface area contributed by atoms with Crippen LogP contribution in [0.15, 0.2) is 18.2 Å². The number of hydrogen-bond donors (Lipinski definition) is 1. The number of fused-ring (bicyclic) bond motifs is 1. The quantitative estimate of drug-likeness (QED) is 0.721. The number of amides is 1. The van der Waals surface area contributed by atoms with E-state index in [1.54, 1.807) is 0 Å². The summed E-state index contributed by atoms with van der Waals surface area (Å²) in [4.78, 5) is 14.2. The lowest BCUT2D eigenvalue weighted by molar-refractivity contribution is -0.124. The van der Waals surface area contributed by atoms with Gasteiger partial charge in [0.25, 0.3) is 0 Å². The number of benzene rings is 1. The molecule has 0 unspecified atom stereocenters. The number of ether oxygens (including phenoxy) is 3. The third kappa shape index (κ3) is 5.27. The first kappa shape index (κ1) is 18.8. The van der Waals surface area contributed by atoms with Crippen LogP contribution < -0.4 is 19.5 Å². The number of nitrogens with one attached hydrogen (secondary N) is 1. The Labute approximate surface area is 155 Å². The van der Waals surface area contributed by atoms with Gasteiger partial charge in [0.1, 0.15) is 5.75 Å². The summed E-state index contributed by atoms with van der Waals surface area (Å²) in [5.74, 6) is 3.12. The molecule has 0 bridgehead atoms. The minimum atomic E-state index is 0.0584. The number of carbonyl (C=O) groups is 1. The van der Waals surface area contributed by atoms with Crippen LogP contribution in [0.2, 0.25) is 0 Å². The summed E-state index contributed by atoms with van der Waals surface area (Å²) in [6.07, 6.45) is 3.38. The van der Waals surface area contributed by atoms with Crippen LogP contribution in [0.25, 0.3) is 0 Å². The van der Waals surface area contributed by atoms with Crippen LogP contribution in [-0.2, 0) is 4.79 Å². The Balaban J connectivity index is 1.33. The third-order valence-corrected chi connectivity index (χ3v) is 4.92. The van der Waals surface area contributed by atoms with E-state index in [1.807, 2.05) is 32.0 Å². The Morgan fingerprint density at radius 1 is 1.35 bits per heavy atom. The molecule has 6 heteroatoms. The van der Waals surface area contributed by atoms with Gasteiger partial charge in [-0.3, -0.25) is 4.79 Å². The van der Waals surface area contributed by atoms with Crippen molar-refractivity contribution in [2.24, 2.45) is 11.8 Å². The second-order valence-corrected chi connectivity index (χ2v) is 7.43. The average Bonchev–Trinajstić information content (AvgIpc) is 3.11. The molecule has 2 aliphatic rings. The molecule has 0 saturated carbocycles. The van der Waals surface area contributed by atoms with Gasteiger partial charge in [-0.2, -0.15) is 0 Å². The highest BCUT2D eigenvalue weighted by molar-refractivity contribution is 5.77. The molecule has 2 heterocycles. The SMILES string of the molecule is CC(C)C(=O)NC[C@H]1CCCN(CCCOc2ccc3c(c2)OCO3)C1. The molecule has 0 radical (unpaired) electrons. The van der Waals surface area contributed by atoms with E-state index in [-0.39, 0.29) is 18.6 Å². The summed E-state index contributed by atoms with van der Waals surface area (Å²) in [7, 11) is 0. The fraction of sp³-hybridized carbons (Fsp3) is 0.650. The van der Waals surface area contributed by atoms with Gasteiger partial charge in [0.05, 0.1) is 6.61 Å². The fourth-order valence-electron chi connectivity index (χ4n) is 3.41. The largest absolute Gasteiger partial charge is 0.493 e. The maximum atomic E-state index is 11.7. The van der Waals surface area contributed by atoms with Crippen LogP contribution in [-0.4, -0.2) is 50.4 Å². The molecule has 1 aromatic carbocycles. The van der Waals surface area contributed by atoms with Crippen LogP contribution in [0.3, 0.4) is 0 Å². The topological polar surface area (TPSA) is 60.0 Å². The highest BCUT2D eigenvalue weighted by Crippen LogP contribution is 2.35. The molecule has 1 aromatic rings. The van der Waals surface area contributed by atoms with Gasteiger partial charge in [0, 0.05) is 31.6 Å². The average molecular weight is 362 g/mol. The molecular weight excluding hydrogens is 332 g/mol. The zero-order valence-corrected chi connectivity index (χ0v) is 15.8. The minimum absolute atomic E-state index is 0.0584. The van der Waals surface area contributed by atoms with Gasteiger partial charge in [-0.25, -0.2) is 0 Å². The van der Waals surface area contributed by atoms with Crippen molar-refractivity contribution < 1.29 is 19.0 Å². The first-order valence-electron chi connectivity index (χ1n) is 9.64. The van der Waals surface area contributed by atoms with Crippen LogP contribution in [0, 0.1) is 11.8 Å². The maximum absolute atomic E-state index is 11.7. The summed E-state index contributed by atoms with van der Waals surface area (Å²) in [5.41, 5.74) is 0. The minimum Gasteiger partial charge on any atom is -0.493 e. The first-order valence-corrected chi connectivity index (χ1v) is 9.64. The van der Waals surface area contributed by atoms with E-state index in [0.29, 0.717) is 12.5 Å². The highest BCUT2D eigenvalue weighted by Gasteiger charge is 2.20. The Hall–Kier alpha value is -1.95. The summed E-state index contributed by atoms with van der Waals surface area (Å²) >= 11 is 0. The van der Waals surface area contributed by atoms with E-state index >= 15 is 0 Å². The number of carbonyl (C=O) groups excluding carboxylic acids is 1. The number of piperidine rings is 1. The van der Waals surface area contributed by atoms with E-state index in [9.17, 15) is 4.79 Å². The van der Waals surface area contributed by atoms with E-state index in [4.69, 9.17) is 14.2 Å². The van der Waals surface area contributed by atoms with Gasteiger partial charge < -0.3 is 24.4 Å². The predicted molar refractivity (Wildman–Crippen MR) is 99.7 cm³/mol. The van der Waals surface area contributed by atoms with Gasteiger partial charge in [-0.1, -0.05) is 13.8 Å². The van der Waals surface area contributed by atoms with Crippen LogP contribution in [0.5, 0.6) is 17.2 Å². The molecular formula is C20H30N2O4. The second kappa shape index (κ2) is 9.12. The van der Waals surface area contributed by atoms with Gasteiger partial charge in [-0.05, 0) is 43.9 Å². The molecule has 0 spiro atoms. The van der Waals surface area contributed by atoms with Crippen LogP contribution in [0.1, 0.15) is 33.1 Å². The van der Waals surface area contributed by atoms with Crippen LogP contribution in [0.4, 0.5) is 0 Å². The third-order valence-electron chi connectivity index (χ3n) is 4.92. The molecule has 6 nitrogen and oxygen atoms in total. The van der Waals surface area contributed by atoms with Crippen molar-refractivity contribution in [2.75, 3.05) is 39.6 Å². The van der Waals surface area contributed by atoms with Gasteiger partial charge in [-0.15, -0.1) is 0 Å². The molecule has 1 saturated heterocycles. The van der Waals surface area contributed by atoms with E-state index in [2.05, 4.69) is 10.2 Å². The molecule has 0 aliphatic carbocycles. The Morgan fingerprint density at radius 3 is 3.04 bits per heavy atom. The van der Waals surface area contributed by atoms with E-state index in [1.165, 1.54) is 12.8 Å². The fourth-order valence-corrected chi connectivity index (χ4v) is 3.41. The first-order chi connectivity index (χ1) is 12.6. The molecule has 26 heavy (non-hydrogen) atoms. The number of rotatable bonds is 8. The predicted octanol–water partition coefficient (Wildman–Crippen LogP) is 2.67. The summed E-state index contributed by atoms with van der Waals surface area (Å²) in [6.45, 7) is 8.85. The van der Waals surface area contributed by atoms with E-state index in [0.717, 1.165) is 49.8 Å². The van der Waals surface area contributed by atoms with Crippen molar-refractivity contribution in [3.63, 3.8) is 0 Å². The van der Waals surface area contributed by atoms with Gasteiger partial charge in [0.15, 0.2) is 11.5 Å². The molecule has 3 rings (SSSR count). The summed E-state index contributed by atoms with van der Waals surface area (Å²) in [6, 6.07) is 5.69. The lowest BCUT2D eigenvalue weighted by Crippen LogP contribution is -2.42. The zero-order valence-electron chi connectivity index (χ0n) is 15.8. The molecule has 1 N–H and O–H groups in total.